The van der Waals surface area contributed by atoms with E-state index in [1.165, 1.54) is 6.07 Å². The van der Waals surface area contributed by atoms with Crippen LogP contribution >= 0.6 is 0 Å². The van der Waals surface area contributed by atoms with E-state index in [4.69, 9.17) is 4.52 Å². The number of aromatic nitrogens is 2. The van der Waals surface area contributed by atoms with Crippen molar-refractivity contribution in [1.29, 1.82) is 0 Å². The number of halogens is 1. The van der Waals surface area contributed by atoms with Gasteiger partial charge in [-0.2, -0.15) is 4.98 Å². The first-order valence-corrected chi connectivity index (χ1v) is 9.17. The predicted octanol–water partition coefficient (Wildman–Crippen LogP) is 3.53. The van der Waals surface area contributed by atoms with Gasteiger partial charge in [0.05, 0.1) is 5.56 Å². The maximum atomic E-state index is 14.5. The van der Waals surface area contributed by atoms with Crippen molar-refractivity contribution in [2.45, 2.75) is 57.4 Å². The molecule has 0 bridgehead atoms. The molecule has 0 spiro atoms. The lowest BCUT2D eigenvalue weighted by molar-refractivity contribution is -0.139. The third-order valence-electron chi connectivity index (χ3n) is 4.55. The summed E-state index contributed by atoms with van der Waals surface area (Å²) in [5, 5.41) is 16.2. The first kappa shape index (κ1) is 18.5. The summed E-state index contributed by atoms with van der Waals surface area (Å²) in [6.45, 7) is 2.73. The Labute approximate surface area is 151 Å². The molecule has 1 atom stereocenters. The molecular formula is C19H24FN3O3. The average molecular weight is 361 g/mol. The molecule has 0 aliphatic heterocycles. The second kappa shape index (κ2) is 8.40. The van der Waals surface area contributed by atoms with Crippen LogP contribution in [0.15, 0.2) is 22.7 Å². The number of benzene rings is 1. The first-order valence-electron chi connectivity index (χ1n) is 9.17. The van der Waals surface area contributed by atoms with Crippen LogP contribution in [0.5, 0.6) is 0 Å². The van der Waals surface area contributed by atoms with Gasteiger partial charge >= 0.3 is 5.97 Å². The van der Waals surface area contributed by atoms with E-state index in [1.807, 2.05) is 0 Å². The van der Waals surface area contributed by atoms with Crippen molar-refractivity contribution in [2.24, 2.45) is 0 Å². The Hall–Kier alpha value is -2.28. The molecule has 2 aromatic rings. The molecule has 3 rings (SSSR count). The van der Waals surface area contributed by atoms with Gasteiger partial charge in [-0.15, -0.1) is 0 Å². The molecule has 7 heteroatoms. The fourth-order valence-electron chi connectivity index (χ4n) is 2.84. The molecule has 1 aliphatic rings. The van der Waals surface area contributed by atoms with E-state index < -0.39 is 17.8 Å². The molecule has 1 saturated carbocycles. The Morgan fingerprint density at radius 3 is 2.88 bits per heavy atom. The zero-order valence-electron chi connectivity index (χ0n) is 14.9. The summed E-state index contributed by atoms with van der Waals surface area (Å²) in [6.07, 6.45) is 5.34. The average Bonchev–Trinajstić information content (AvgIpc) is 3.35. The van der Waals surface area contributed by atoms with E-state index in [1.54, 1.807) is 12.1 Å². The van der Waals surface area contributed by atoms with Gasteiger partial charge in [-0.05, 0) is 49.9 Å². The van der Waals surface area contributed by atoms with Gasteiger partial charge in [-0.3, -0.25) is 4.79 Å². The largest absolute Gasteiger partial charge is 0.480 e. The summed E-state index contributed by atoms with van der Waals surface area (Å²) < 4.78 is 19.6. The normalized spacial score (nSPS) is 15.2. The SMILES string of the molecule is CCCCCNC(Cc1ccc(-c2noc(C3CC3)n2)c(F)c1)C(=O)O. The van der Waals surface area contributed by atoms with Crippen LogP contribution in [0, 0.1) is 5.82 Å². The van der Waals surface area contributed by atoms with E-state index in [9.17, 15) is 14.3 Å². The summed E-state index contributed by atoms with van der Waals surface area (Å²) in [7, 11) is 0. The van der Waals surface area contributed by atoms with Gasteiger partial charge in [0.2, 0.25) is 11.7 Å². The molecule has 26 heavy (non-hydrogen) atoms. The highest BCUT2D eigenvalue weighted by atomic mass is 19.1. The highest BCUT2D eigenvalue weighted by Gasteiger charge is 2.30. The number of carbonyl (C=O) groups is 1. The smallest absolute Gasteiger partial charge is 0.321 e. The van der Waals surface area contributed by atoms with Gasteiger partial charge in [0.15, 0.2) is 0 Å². The zero-order valence-corrected chi connectivity index (χ0v) is 14.9. The van der Waals surface area contributed by atoms with Crippen LogP contribution in [-0.2, 0) is 11.2 Å². The van der Waals surface area contributed by atoms with Gasteiger partial charge in [0.25, 0.3) is 0 Å². The van der Waals surface area contributed by atoms with Crippen molar-refractivity contribution < 1.29 is 18.8 Å². The third-order valence-corrected chi connectivity index (χ3v) is 4.55. The standard InChI is InChI=1S/C19H24FN3O3/c1-2-3-4-9-21-16(19(24)25)11-12-5-8-14(15(20)10-12)17-22-18(26-23-17)13-6-7-13/h5,8,10,13,16,21H,2-4,6-7,9,11H2,1H3,(H,24,25). The van der Waals surface area contributed by atoms with E-state index in [0.29, 0.717) is 23.9 Å². The molecule has 0 radical (unpaired) electrons. The molecule has 1 aliphatic carbocycles. The van der Waals surface area contributed by atoms with Crippen molar-refractivity contribution in [3.63, 3.8) is 0 Å². The van der Waals surface area contributed by atoms with Crippen LogP contribution in [-0.4, -0.2) is 33.8 Å². The lowest BCUT2D eigenvalue weighted by atomic mass is 10.0. The lowest BCUT2D eigenvalue weighted by Crippen LogP contribution is -2.39. The Kier molecular flexibility index (Phi) is 5.98. The van der Waals surface area contributed by atoms with Gasteiger partial charge < -0.3 is 14.9 Å². The van der Waals surface area contributed by atoms with Crippen molar-refractivity contribution >= 4 is 5.97 Å². The van der Waals surface area contributed by atoms with Crippen molar-refractivity contribution in [1.82, 2.24) is 15.5 Å². The van der Waals surface area contributed by atoms with Crippen molar-refractivity contribution in [3.05, 3.63) is 35.5 Å². The second-order valence-corrected chi connectivity index (χ2v) is 6.80. The summed E-state index contributed by atoms with van der Waals surface area (Å²) in [5.74, 6) is -0.290. The zero-order chi connectivity index (χ0) is 18.5. The number of hydrogen-bond acceptors (Lipinski definition) is 5. The lowest BCUT2D eigenvalue weighted by Gasteiger charge is -2.14. The summed E-state index contributed by atoms with van der Waals surface area (Å²) >= 11 is 0. The van der Waals surface area contributed by atoms with Crippen molar-refractivity contribution in [3.8, 4) is 11.4 Å². The summed E-state index contributed by atoms with van der Waals surface area (Å²) in [6, 6.07) is 3.92. The van der Waals surface area contributed by atoms with E-state index in [-0.39, 0.29) is 17.8 Å². The molecule has 1 unspecified atom stereocenters. The first-order chi connectivity index (χ1) is 12.6. The molecule has 6 nitrogen and oxygen atoms in total. The third kappa shape index (κ3) is 4.66. The van der Waals surface area contributed by atoms with Crippen LogP contribution in [0.4, 0.5) is 4.39 Å². The second-order valence-electron chi connectivity index (χ2n) is 6.80. The van der Waals surface area contributed by atoms with Crippen LogP contribution < -0.4 is 5.32 Å². The van der Waals surface area contributed by atoms with Crippen LogP contribution in [0.3, 0.4) is 0 Å². The Morgan fingerprint density at radius 2 is 2.23 bits per heavy atom. The van der Waals surface area contributed by atoms with Crippen molar-refractivity contribution in [2.75, 3.05) is 6.54 Å². The fourth-order valence-corrected chi connectivity index (χ4v) is 2.84. The molecule has 0 saturated heterocycles. The number of carboxylic acid groups (broad SMARTS) is 1. The Bertz CT molecular complexity index is 758. The number of nitrogens with one attached hydrogen (secondary N) is 1. The number of hydrogen-bond donors (Lipinski definition) is 2. The maximum absolute atomic E-state index is 14.5. The molecule has 1 heterocycles. The molecule has 0 amide bonds. The maximum Gasteiger partial charge on any atom is 0.321 e. The minimum Gasteiger partial charge on any atom is -0.480 e. The molecule has 1 aromatic carbocycles. The minimum absolute atomic E-state index is 0.220. The Balaban J connectivity index is 1.66. The van der Waals surface area contributed by atoms with Crippen LogP contribution in [0.2, 0.25) is 0 Å². The quantitative estimate of drug-likeness (QED) is 0.630. The fraction of sp³-hybridized carbons (Fsp3) is 0.526. The summed E-state index contributed by atoms with van der Waals surface area (Å²) in [4.78, 5) is 15.7. The van der Waals surface area contributed by atoms with Gasteiger partial charge in [0.1, 0.15) is 11.9 Å². The molecule has 1 aromatic heterocycles. The number of aliphatic carboxylic acids is 1. The van der Waals surface area contributed by atoms with Crippen LogP contribution in [0.1, 0.15) is 56.4 Å². The number of unbranched alkanes of at least 4 members (excludes halogenated alkanes) is 2. The monoisotopic (exact) mass is 361 g/mol. The topological polar surface area (TPSA) is 88.3 Å². The number of carboxylic acids is 1. The molecule has 1 fully saturated rings. The molecule has 2 N–H and O–H groups in total. The van der Waals surface area contributed by atoms with E-state index in [0.717, 1.165) is 32.1 Å². The summed E-state index contributed by atoms with van der Waals surface area (Å²) in [5.41, 5.74) is 0.889. The van der Waals surface area contributed by atoms with Gasteiger partial charge in [-0.25, -0.2) is 4.39 Å². The molecule has 140 valence electrons. The Morgan fingerprint density at radius 1 is 1.42 bits per heavy atom. The van der Waals surface area contributed by atoms with Crippen LogP contribution in [0.25, 0.3) is 11.4 Å². The van der Waals surface area contributed by atoms with Gasteiger partial charge in [-0.1, -0.05) is 31.0 Å². The van der Waals surface area contributed by atoms with E-state index >= 15 is 0 Å². The number of nitrogens with zero attached hydrogens (tertiary/aromatic N) is 2. The number of rotatable bonds is 10. The van der Waals surface area contributed by atoms with Gasteiger partial charge in [0, 0.05) is 5.92 Å². The predicted molar refractivity (Wildman–Crippen MR) is 94.3 cm³/mol. The molecular weight excluding hydrogens is 337 g/mol. The minimum atomic E-state index is -0.932. The van der Waals surface area contributed by atoms with E-state index in [2.05, 4.69) is 22.4 Å². The highest BCUT2D eigenvalue weighted by molar-refractivity contribution is 5.74. The highest BCUT2D eigenvalue weighted by Crippen LogP contribution is 2.39.